The first-order valence-corrected chi connectivity index (χ1v) is 6.33. The van der Waals surface area contributed by atoms with Crippen molar-refractivity contribution in [2.24, 2.45) is 0 Å². The van der Waals surface area contributed by atoms with E-state index < -0.39 is 0 Å². The number of thiophene rings is 1. The summed E-state index contributed by atoms with van der Waals surface area (Å²) in [5.41, 5.74) is 1.97. The number of nitrogens with one attached hydrogen (secondary N) is 1. The number of anilines is 1. The van der Waals surface area contributed by atoms with E-state index >= 15 is 0 Å². The molecular formula is C11H10Cl2N2S. The molecule has 2 nitrogen and oxygen atoms in total. The smallest absolute Gasteiger partial charge is 0.152 e. The number of nitrogens with zero attached hydrogens (tertiary/aromatic N) is 1. The Bertz CT molecular complexity index is 476. The Morgan fingerprint density at radius 1 is 1.31 bits per heavy atom. The molecule has 0 bridgehead atoms. The van der Waals surface area contributed by atoms with Gasteiger partial charge in [-0.05, 0) is 30.7 Å². The molecule has 0 radical (unpaired) electrons. The van der Waals surface area contributed by atoms with Crippen molar-refractivity contribution >= 4 is 40.2 Å². The fourth-order valence-corrected chi connectivity index (χ4v) is 2.66. The molecule has 0 aliphatic rings. The molecule has 0 unspecified atom stereocenters. The van der Waals surface area contributed by atoms with Gasteiger partial charge < -0.3 is 5.32 Å². The summed E-state index contributed by atoms with van der Waals surface area (Å²) >= 11 is 13.4. The van der Waals surface area contributed by atoms with Gasteiger partial charge in [-0.1, -0.05) is 23.2 Å². The van der Waals surface area contributed by atoms with E-state index in [1.807, 2.05) is 25.1 Å². The van der Waals surface area contributed by atoms with Crippen LogP contribution < -0.4 is 5.32 Å². The van der Waals surface area contributed by atoms with Gasteiger partial charge in [-0.2, -0.15) is 0 Å². The van der Waals surface area contributed by atoms with Gasteiger partial charge in [0.25, 0.3) is 0 Å². The standard InChI is InChI=1S/C11H10Cl2N2S/c1-7-4-5-14-11(13)10(7)15-6-8-2-3-9(12)16-8/h2-5,15H,6H2,1H3. The van der Waals surface area contributed by atoms with Gasteiger partial charge in [-0.15, -0.1) is 11.3 Å². The molecule has 2 aromatic rings. The molecule has 0 aromatic carbocycles. The second-order valence-corrected chi connectivity index (χ2v) is 5.51. The van der Waals surface area contributed by atoms with Gasteiger partial charge in [0.1, 0.15) is 0 Å². The Morgan fingerprint density at radius 2 is 2.12 bits per heavy atom. The average molecular weight is 273 g/mol. The zero-order valence-electron chi connectivity index (χ0n) is 8.63. The molecule has 16 heavy (non-hydrogen) atoms. The summed E-state index contributed by atoms with van der Waals surface area (Å²) in [6.07, 6.45) is 1.70. The number of rotatable bonds is 3. The van der Waals surface area contributed by atoms with Crippen LogP contribution in [0.3, 0.4) is 0 Å². The van der Waals surface area contributed by atoms with Crippen molar-refractivity contribution < 1.29 is 0 Å². The first-order chi connectivity index (χ1) is 7.66. The first kappa shape index (κ1) is 11.7. The quantitative estimate of drug-likeness (QED) is 0.840. The number of aryl methyl sites for hydroxylation is 1. The summed E-state index contributed by atoms with van der Waals surface area (Å²) < 4.78 is 0.797. The highest BCUT2D eigenvalue weighted by Gasteiger charge is 2.05. The fraction of sp³-hybridized carbons (Fsp3) is 0.182. The lowest BCUT2D eigenvalue weighted by atomic mass is 10.2. The number of hydrogen-bond acceptors (Lipinski definition) is 3. The van der Waals surface area contributed by atoms with Crippen LogP contribution in [0.15, 0.2) is 24.4 Å². The first-order valence-electron chi connectivity index (χ1n) is 4.76. The third-order valence-electron chi connectivity index (χ3n) is 2.18. The SMILES string of the molecule is Cc1ccnc(Cl)c1NCc1ccc(Cl)s1. The van der Waals surface area contributed by atoms with Crippen LogP contribution >= 0.6 is 34.5 Å². The lowest BCUT2D eigenvalue weighted by molar-refractivity contribution is 1.16. The third-order valence-corrected chi connectivity index (χ3v) is 3.70. The van der Waals surface area contributed by atoms with E-state index in [0.717, 1.165) is 15.6 Å². The summed E-state index contributed by atoms with van der Waals surface area (Å²) in [7, 11) is 0. The van der Waals surface area contributed by atoms with Crippen molar-refractivity contribution in [2.45, 2.75) is 13.5 Å². The number of halogens is 2. The monoisotopic (exact) mass is 272 g/mol. The van der Waals surface area contributed by atoms with Gasteiger partial charge in [0, 0.05) is 17.6 Å². The molecular weight excluding hydrogens is 263 g/mol. The molecule has 84 valence electrons. The fourth-order valence-electron chi connectivity index (χ4n) is 1.36. The van der Waals surface area contributed by atoms with Gasteiger partial charge in [0.15, 0.2) is 5.15 Å². The van der Waals surface area contributed by atoms with E-state index in [4.69, 9.17) is 23.2 Å². The molecule has 0 aliphatic carbocycles. The van der Waals surface area contributed by atoms with E-state index in [1.54, 1.807) is 17.5 Å². The van der Waals surface area contributed by atoms with Gasteiger partial charge in [-0.3, -0.25) is 0 Å². The van der Waals surface area contributed by atoms with Crippen LogP contribution in [0.5, 0.6) is 0 Å². The summed E-state index contributed by atoms with van der Waals surface area (Å²) in [5, 5.41) is 3.77. The normalized spacial score (nSPS) is 10.4. The maximum absolute atomic E-state index is 6.00. The summed E-state index contributed by atoms with van der Waals surface area (Å²) in [4.78, 5) is 5.21. The van der Waals surface area contributed by atoms with Crippen molar-refractivity contribution in [3.05, 3.63) is 44.3 Å². The molecule has 2 rings (SSSR count). The molecule has 2 heterocycles. The Morgan fingerprint density at radius 3 is 2.75 bits per heavy atom. The van der Waals surface area contributed by atoms with Crippen LogP contribution in [-0.4, -0.2) is 4.98 Å². The van der Waals surface area contributed by atoms with Crippen molar-refractivity contribution in [3.8, 4) is 0 Å². The molecule has 0 fully saturated rings. The Labute approximate surface area is 108 Å². The van der Waals surface area contributed by atoms with Crippen LogP contribution in [0.4, 0.5) is 5.69 Å². The highest BCUT2D eigenvalue weighted by molar-refractivity contribution is 7.16. The molecule has 0 saturated carbocycles. The van der Waals surface area contributed by atoms with Crippen molar-refractivity contribution in [3.63, 3.8) is 0 Å². The Balaban J connectivity index is 2.10. The lowest BCUT2D eigenvalue weighted by Gasteiger charge is -2.09. The molecule has 1 N–H and O–H groups in total. The minimum Gasteiger partial charge on any atom is -0.377 e. The molecule has 0 saturated heterocycles. The topological polar surface area (TPSA) is 24.9 Å². The van der Waals surface area contributed by atoms with Crippen LogP contribution in [0, 0.1) is 6.92 Å². The minimum absolute atomic E-state index is 0.502. The molecule has 0 aliphatic heterocycles. The summed E-state index contributed by atoms with van der Waals surface area (Å²) in [6.45, 7) is 2.71. The maximum Gasteiger partial charge on any atom is 0.152 e. The molecule has 0 spiro atoms. The third kappa shape index (κ3) is 2.67. The Kier molecular flexibility index (Phi) is 3.69. The highest BCUT2D eigenvalue weighted by atomic mass is 35.5. The number of pyridine rings is 1. The van der Waals surface area contributed by atoms with Gasteiger partial charge in [-0.25, -0.2) is 4.98 Å². The van der Waals surface area contributed by atoms with Gasteiger partial charge in [0.2, 0.25) is 0 Å². The van der Waals surface area contributed by atoms with Crippen LogP contribution in [-0.2, 0) is 6.54 Å². The molecule has 2 aromatic heterocycles. The van der Waals surface area contributed by atoms with E-state index in [-0.39, 0.29) is 0 Å². The van der Waals surface area contributed by atoms with Gasteiger partial charge >= 0.3 is 0 Å². The van der Waals surface area contributed by atoms with E-state index in [9.17, 15) is 0 Å². The zero-order valence-corrected chi connectivity index (χ0v) is 11.0. The zero-order chi connectivity index (χ0) is 11.5. The summed E-state index contributed by atoms with van der Waals surface area (Å²) in [6, 6.07) is 5.82. The van der Waals surface area contributed by atoms with E-state index in [2.05, 4.69) is 10.3 Å². The number of aromatic nitrogens is 1. The lowest BCUT2D eigenvalue weighted by Crippen LogP contribution is -2.00. The average Bonchev–Trinajstić information content (AvgIpc) is 2.63. The molecule has 0 atom stereocenters. The number of hydrogen-bond donors (Lipinski definition) is 1. The second-order valence-electron chi connectivity index (χ2n) is 3.35. The summed E-state index contributed by atoms with van der Waals surface area (Å²) in [5.74, 6) is 0. The van der Waals surface area contributed by atoms with Crippen molar-refractivity contribution in [2.75, 3.05) is 5.32 Å². The highest BCUT2D eigenvalue weighted by Crippen LogP contribution is 2.26. The predicted octanol–water partition coefficient (Wildman–Crippen LogP) is 4.37. The predicted molar refractivity (Wildman–Crippen MR) is 70.6 cm³/mol. The minimum atomic E-state index is 0.502. The van der Waals surface area contributed by atoms with Crippen LogP contribution in [0.1, 0.15) is 10.4 Å². The van der Waals surface area contributed by atoms with Crippen molar-refractivity contribution in [1.29, 1.82) is 0 Å². The van der Waals surface area contributed by atoms with E-state index in [1.165, 1.54) is 4.88 Å². The largest absolute Gasteiger partial charge is 0.377 e. The van der Waals surface area contributed by atoms with Crippen molar-refractivity contribution in [1.82, 2.24) is 4.98 Å². The van der Waals surface area contributed by atoms with E-state index in [0.29, 0.717) is 11.7 Å². The molecule has 5 heteroatoms. The maximum atomic E-state index is 6.00. The second kappa shape index (κ2) is 5.04. The Hall–Kier alpha value is -0.770. The van der Waals surface area contributed by atoms with Crippen LogP contribution in [0.25, 0.3) is 0 Å². The van der Waals surface area contributed by atoms with Crippen LogP contribution in [0.2, 0.25) is 9.49 Å². The molecule has 0 amide bonds. The van der Waals surface area contributed by atoms with Gasteiger partial charge in [0.05, 0.1) is 10.0 Å².